The molecule has 0 aliphatic carbocycles. The van der Waals surface area contributed by atoms with Gasteiger partial charge >= 0.3 is 48.4 Å². The van der Waals surface area contributed by atoms with Gasteiger partial charge in [-0.25, -0.2) is 0 Å². The second-order valence-corrected chi connectivity index (χ2v) is 0. The topological polar surface area (TPSA) is 31.5 Å². The zero-order chi connectivity index (χ0) is 0. The largest absolute Gasteiger partial charge is 1.00 e. The van der Waals surface area contributed by atoms with Crippen molar-refractivity contribution < 1.29 is 78.5 Å². The van der Waals surface area contributed by atoms with Gasteiger partial charge in [-0.2, -0.15) is 0 Å². The van der Waals surface area contributed by atoms with E-state index in [-0.39, 0.29) is 78.5 Å². The van der Waals surface area contributed by atoms with E-state index < -0.39 is 0 Å². The molecule has 0 unspecified atom stereocenters. The molecule has 0 bridgehead atoms. The van der Waals surface area contributed by atoms with Gasteiger partial charge < -0.3 is 8.33 Å². The molecule has 2 N–H and O–H groups in total. The Balaban J connectivity index is 0. The van der Waals surface area contributed by atoms with Gasteiger partial charge in [-0.15, -0.1) is 0 Å². The normalized spacial score (nSPS) is 0. The summed E-state index contributed by atoms with van der Waals surface area (Å²) in [5.74, 6) is 0. The van der Waals surface area contributed by atoms with Crippen LogP contribution in [0.5, 0.6) is 0 Å². The molecule has 1 nitrogen and oxygen atoms in total. The van der Waals surface area contributed by atoms with Crippen molar-refractivity contribution in [1.82, 2.24) is 0 Å². The van der Waals surface area contributed by atoms with Crippen molar-refractivity contribution in [3.8, 4) is 0 Å². The van der Waals surface area contributed by atoms with Crippen LogP contribution in [0, 0.1) is 0 Å². The summed E-state index contributed by atoms with van der Waals surface area (Å²) in [6.07, 6.45) is 0. The van der Waals surface area contributed by atoms with Crippen LogP contribution in [0.15, 0.2) is 0 Å². The Morgan fingerprint density at radius 2 is 1.25 bits per heavy atom. The van der Waals surface area contributed by atoms with Crippen LogP contribution in [0.4, 0.5) is 0 Å². The van der Waals surface area contributed by atoms with Crippen LogP contribution in [0.3, 0.4) is 0 Å². The Morgan fingerprint density at radius 1 is 1.25 bits per heavy atom. The molecule has 0 spiro atoms. The van der Waals surface area contributed by atoms with Crippen LogP contribution in [0.25, 0.3) is 0 Å². The molecule has 0 aliphatic heterocycles. The maximum absolute atomic E-state index is 0. The summed E-state index contributed by atoms with van der Waals surface area (Å²) in [7, 11) is 0. The van der Waals surface area contributed by atoms with Crippen molar-refractivity contribution in [2.24, 2.45) is 0 Å². The Labute approximate surface area is 77.5 Å². The van der Waals surface area contributed by atoms with E-state index in [9.17, 15) is 0 Å². The Bertz CT molecular complexity index is 13.5. The van der Waals surface area contributed by atoms with E-state index in [1.165, 1.54) is 0 Å². The quantitative estimate of drug-likeness (QED) is 0.270. The van der Waals surface area contributed by atoms with Gasteiger partial charge in [0.25, 0.3) is 0 Å². The van der Waals surface area contributed by atoms with Gasteiger partial charge in [0.1, 0.15) is 0 Å². The van der Waals surface area contributed by atoms with E-state index in [2.05, 4.69) is 0 Å². The molecule has 0 rings (SSSR count). The molecule has 0 amide bonds. The van der Waals surface area contributed by atoms with E-state index >= 15 is 0 Å². The van der Waals surface area contributed by atoms with Gasteiger partial charge in [0, 0.05) is 21.7 Å². The monoisotopic (exact) mass is 98.0 g/mol. The minimum absolute atomic E-state index is 0. The van der Waals surface area contributed by atoms with E-state index in [4.69, 9.17) is 0 Å². The van der Waals surface area contributed by atoms with Crippen molar-refractivity contribution in [2.45, 2.75) is 0 Å². The Hall–Kier alpha value is 2.27. The maximum Gasteiger partial charge on any atom is 1.00 e. The molecule has 0 aromatic heterocycles. The van der Waals surface area contributed by atoms with Crippen molar-refractivity contribution in [2.75, 3.05) is 0 Å². The molecule has 0 fully saturated rings. The first-order chi connectivity index (χ1) is 0. The van der Waals surface area contributed by atoms with Crippen LogP contribution in [0.1, 0.15) is 2.85 Å². The molecule has 4 heteroatoms. The van der Waals surface area contributed by atoms with Crippen LogP contribution < -0.4 is 48.4 Å². The molecular weight excluding hydrogens is 93.8 g/mol. The fourth-order valence-corrected chi connectivity index (χ4v) is 0. The average molecular weight is 97.8 g/mol. The van der Waals surface area contributed by atoms with Gasteiger partial charge in [-0.3, -0.25) is 0 Å². The second-order valence-electron chi connectivity index (χ2n) is 0. The Morgan fingerprint density at radius 3 is 1.25 bits per heavy atom. The minimum Gasteiger partial charge on any atom is -1.00 e. The fourth-order valence-electron chi connectivity index (χ4n) is 0. The standard InChI is InChI=1S/Li.Na.H2O.Ti.2H/h;;1H2;;;/q2*+1;;;2*-1. The fraction of sp³-hybridized carbons (Fsp3) is 0. The summed E-state index contributed by atoms with van der Waals surface area (Å²) < 4.78 is 0. The zero-order valence-corrected chi connectivity index (χ0v) is 6.56. The molecule has 0 radical (unpaired) electrons. The smallest absolute Gasteiger partial charge is 1.00 e. The van der Waals surface area contributed by atoms with Crippen LogP contribution in [-0.2, 0) is 21.7 Å². The van der Waals surface area contributed by atoms with Crippen LogP contribution >= 0.6 is 0 Å². The summed E-state index contributed by atoms with van der Waals surface area (Å²) in [5.41, 5.74) is 0. The van der Waals surface area contributed by atoms with E-state index in [1.807, 2.05) is 0 Å². The van der Waals surface area contributed by atoms with E-state index in [0.29, 0.717) is 0 Å². The molecule has 0 atom stereocenters. The molecule has 0 saturated heterocycles. The second kappa shape index (κ2) is 18.6. The molecular formula is H4LiNaOTi. The molecule has 0 aromatic carbocycles. The Kier molecular flexibility index (Phi) is 157. The summed E-state index contributed by atoms with van der Waals surface area (Å²) in [4.78, 5) is 0. The van der Waals surface area contributed by atoms with Crippen LogP contribution in [-0.4, -0.2) is 5.48 Å². The van der Waals surface area contributed by atoms with Gasteiger partial charge in [0.05, 0.1) is 0 Å². The third kappa shape index (κ3) is 8.86. The number of rotatable bonds is 0. The van der Waals surface area contributed by atoms with Crippen LogP contribution in [0.2, 0.25) is 0 Å². The van der Waals surface area contributed by atoms with Gasteiger partial charge in [-0.05, 0) is 0 Å². The molecule has 0 saturated carbocycles. The molecule has 4 heavy (non-hydrogen) atoms. The van der Waals surface area contributed by atoms with Crippen molar-refractivity contribution in [3.05, 3.63) is 0 Å². The van der Waals surface area contributed by atoms with E-state index in [1.54, 1.807) is 0 Å². The van der Waals surface area contributed by atoms with Gasteiger partial charge in [-0.1, -0.05) is 0 Å². The first-order valence-electron chi connectivity index (χ1n) is 0. The average Bonchev–Trinajstić information content (AvgIpc) is 0. The molecule has 0 aromatic rings. The number of hydrogen-bond donors (Lipinski definition) is 0. The maximum atomic E-state index is 0. The number of hydrogen-bond acceptors (Lipinski definition) is 0. The minimum atomic E-state index is 0. The molecule has 0 aliphatic rings. The SMILES string of the molecule is O.[H-].[H-].[Li+].[Na+].[Ti]. The molecule has 16 valence electrons. The summed E-state index contributed by atoms with van der Waals surface area (Å²) in [6, 6.07) is 0. The van der Waals surface area contributed by atoms with Gasteiger partial charge in [0.15, 0.2) is 0 Å². The van der Waals surface area contributed by atoms with Crippen molar-refractivity contribution in [1.29, 1.82) is 0 Å². The summed E-state index contributed by atoms with van der Waals surface area (Å²) >= 11 is 0. The predicted octanol–water partition coefficient (Wildman–Crippen LogP) is -6.59. The third-order valence-corrected chi connectivity index (χ3v) is 0. The van der Waals surface area contributed by atoms with Gasteiger partial charge in [0.2, 0.25) is 0 Å². The van der Waals surface area contributed by atoms with Crippen molar-refractivity contribution >= 4 is 0 Å². The predicted molar refractivity (Wildman–Crippen MR) is 5.84 cm³/mol. The van der Waals surface area contributed by atoms with E-state index in [0.717, 1.165) is 0 Å². The summed E-state index contributed by atoms with van der Waals surface area (Å²) in [5, 5.41) is 0. The molecule has 0 heterocycles. The summed E-state index contributed by atoms with van der Waals surface area (Å²) in [6.45, 7) is 0. The third-order valence-electron chi connectivity index (χ3n) is 0. The zero-order valence-electron chi connectivity index (χ0n) is 5.00. The first kappa shape index (κ1) is 33.8. The first-order valence-corrected chi connectivity index (χ1v) is 0. The van der Waals surface area contributed by atoms with Crippen molar-refractivity contribution in [3.63, 3.8) is 0 Å².